The molecule has 1 aromatic carbocycles. The summed E-state index contributed by atoms with van der Waals surface area (Å²) in [5, 5.41) is 0. The number of rotatable bonds is 8. The first-order valence-corrected chi connectivity index (χ1v) is 7.68. The van der Waals surface area contributed by atoms with Gasteiger partial charge in [0.2, 0.25) is 0 Å². The Morgan fingerprint density at radius 2 is 1.58 bits per heavy atom. The van der Waals surface area contributed by atoms with E-state index in [2.05, 4.69) is 4.99 Å². The second kappa shape index (κ2) is 10.1. The second-order valence-corrected chi connectivity index (χ2v) is 4.53. The Bertz CT molecular complexity index is 593. The lowest BCUT2D eigenvalue weighted by molar-refractivity contribution is -0.157. The lowest BCUT2D eigenvalue weighted by atomic mass is 10.1. The van der Waals surface area contributed by atoms with Gasteiger partial charge in [0.25, 0.3) is 0 Å². The molecule has 0 saturated carbocycles. The fourth-order valence-corrected chi connectivity index (χ4v) is 1.77. The van der Waals surface area contributed by atoms with E-state index in [1.165, 1.54) is 6.07 Å². The van der Waals surface area contributed by atoms with Gasteiger partial charge in [0.05, 0.1) is 31.1 Å². The number of hydrogen-bond acceptors (Lipinski definition) is 7. The molecule has 0 aliphatic heterocycles. The minimum atomic E-state index is -1.25. The highest BCUT2D eigenvalue weighted by atomic mass is 16.6. The monoisotopic (exact) mass is 335 g/mol. The molecule has 0 spiro atoms. The molecule has 24 heavy (non-hydrogen) atoms. The summed E-state index contributed by atoms with van der Waals surface area (Å²) >= 11 is 0. The molecule has 0 atom stereocenters. The third-order valence-corrected chi connectivity index (χ3v) is 2.81. The van der Waals surface area contributed by atoms with Crippen molar-refractivity contribution in [2.24, 2.45) is 10.9 Å². The number of esters is 3. The van der Waals surface area contributed by atoms with Crippen molar-refractivity contribution in [3.63, 3.8) is 0 Å². The van der Waals surface area contributed by atoms with Crippen molar-refractivity contribution in [2.75, 3.05) is 19.8 Å². The molecule has 0 aliphatic rings. The van der Waals surface area contributed by atoms with Crippen LogP contribution in [0.15, 0.2) is 29.3 Å². The van der Waals surface area contributed by atoms with Gasteiger partial charge >= 0.3 is 17.9 Å². The van der Waals surface area contributed by atoms with Crippen LogP contribution in [0.4, 0.5) is 5.69 Å². The topological polar surface area (TPSA) is 91.3 Å². The summed E-state index contributed by atoms with van der Waals surface area (Å²) < 4.78 is 14.6. The first-order chi connectivity index (χ1) is 11.5. The number of benzene rings is 1. The van der Waals surface area contributed by atoms with E-state index < -0.39 is 23.8 Å². The third-order valence-electron chi connectivity index (χ3n) is 2.81. The smallest absolute Gasteiger partial charge is 0.338 e. The maximum atomic E-state index is 11.9. The van der Waals surface area contributed by atoms with Crippen molar-refractivity contribution < 1.29 is 28.6 Å². The molecule has 0 amide bonds. The van der Waals surface area contributed by atoms with Crippen LogP contribution in [0.2, 0.25) is 0 Å². The molecule has 1 rings (SSSR count). The minimum absolute atomic E-state index is 0.140. The van der Waals surface area contributed by atoms with Gasteiger partial charge < -0.3 is 14.2 Å². The molecule has 0 radical (unpaired) electrons. The van der Waals surface area contributed by atoms with Crippen LogP contribution in [0.5, 0.6) is 0 Å². The second-order valence-electron chi connectivity index (χ2n) is 4.53. The Morgan fingerprint density at radius 3 is 2.12 bits per heavy atom. The van der Waals surface area contributed by atoms with Crippen molar-refractivity contribution in [1.29, 1.82) is 0 Å². The highest BCUT2D eigenvalue weighted by Crippen LogP contribution is 2.15. The molecular weight excluding hydrogens is 314 g/mol. The highest BCUT2D eigenvalue weighted by molar-refractivity contribution is 6.09. The van der Waals surface area contributed by atoms with E-state index in [1.54, 1.807) is 39.0 Å². The fourth-order valence-electron chi connectivity index (χ4n) is 1.77. The van der Waals surface area contributed by atoms with Crippen molar-refractivity contribution in [1.82, 2.24) is 0 Å². The van der Waals surface area contributed by atoms with Gasteiger partial charge in [0.1, 0.15) is 0 Å². The van der Waals surface area contributed by atoms with Gasteiger partial charge in [-0.15, -0.1) is 0 Å². The summed E-state index contributed by atoms with van der Waals surface area (Å²) in [4.78, 5) is 39.5. The van der Waals surface area contributed by atoms with E-state index in [-0.39, 0.29) is 19.8 Å². The number of carbonyl (C=O) groups is 3. The highest BCUT2D eigenvalue weighted by Gasteiger charge is 2.27. The van der Waals surface area contributed by atoms with Crippen molar-refractivity contribution >= 4 is 29.8 Å². The van der Waals surface area contributed by atoms with Crippen LogP contribution in [0, 0.1) is 5.92 Å². The van der Waals surface area contributed by atoms with Crippen LogP contribution in [0.25, 0.3) is 0 Å². The van der Waals surface area contributed by atoms with Crippen LogP contribution in [-0.2, 0) is 23.8 Å². The molecule has 0 saturated heterocycles. The summed E-state index contributed by atoms with van der Waals surface area (Å²) in [5.41, 5.74) is 0.731. The maximum Gasteiger partial charge on any atom is 0.338 e. The van der Waals surface area contributed by atoms with Crippen LogP contribution in [0.3, 0.4) is 0 Å². The van der Waals surface area contributed by atoms with Crippen LogP contribution in [-0.4, -0.2) is 43.9 Å². The van der Waals surface area contributed by atoms with Gasteiger partial charge in [-0.05, 0) is 39.0 Å². The largest absolute Gasteiger partial charge is 0.465 e. The van der Waals surface area contributed by atoms with E-state index in [9.17, 15) is 14.4 Å². The molecule has 0 unspecified atom stereocenters. The quantitative estimate of drug-likeness (QED) is 0.313. The summed E-state index contributed by atoms with van der Waals surface area (Å²) in [5.74, 6) is -3.19. The Balaban J connectivity index is 2.96. The normalized spacial score (nSPS) is 10.7. The zero-order valence-corrected chi connectivity index (χ0v) is 14.0. The third kappa shape index (κ3) is 5.83. The zero-order chi connectivity index (χ0) is 17.9. The standard InChI is InChI=1S/C17H21NO6/c1-4-22-15(19)12-8-7-9-13(10-12)18-11-14(16(20)23-5-2)17(21)24-6-3/h7-11,14H,4-6H2,1-3H3. The van der Waals surface area contributed by atoms with Crippen molar-refractivity contribution in [2.45, 2.75) is 20.8 Å². The van der Waals surface area contributed by atoms with E-state index in [0.717, 1.165) is 6.21 Å². The summed E-state index contributed by atoms with van der Waals surface area (Å²) in [7, 11) is 0. The Labute approximate surface area is 140 Å². The predicted molar refractivity (Wildman–Crippen MR) is 87.3 cm³/mol. The molecular formula is C17H21NO6. The Morgan fingerprint density at radius 1 is 1.00 bits per heavy atom. The maximum absolute atomic E-state index is 11.9. The predicted octanol–water partition coefficient (Wildman–Crippen LogP) is 2.31. The Kier molecular flexibility index (Phi) is 8.18. The van der Waals surface area contributed by atoms with Gasteiger partial charge in [-0.2, -0.15) is 0 Å². The molecule has 1 aromatic rings. The number of hydrogen-bond donors (Lipinski definition) is 0. The molecule has 0 N–H and O–H groups in total. The summed E-state index contributed by atoms with van der Waals surface area (Å²) in [6.07, 6.45) is 1.15. The van der Waals surface area contributed by atoms with Gasteiger partial charge in [-0.25, -0.2) is 4.79 Å². The number of carbonyl (C=O) groups excluding carboxylic acids is 3. The Hall–Kier alpha value is -2.70. The lowest BCUT2D eigenvalue weighted by Crippen LogP contribution is -2.29. The molecule has 7 heteroatoms. The molecule has 0 aromatic heterocycles. The summed E-state index contributed by atoms with van der Waals surface area (Å²) in [6.45, 7) is 5.53. The molecule has 0 fully saturated rings. The minimum Gasteiger partial charge on any atom is -0.465 e. The number of ether oxygens (including phenoxy) is 3. The SMILES string of the molecule is CCOC(=O)c1cccc(N=CC(C(=O)OCC)C(=O)OCC)c1. The van der Waals surface area contributed by atoms with Crippen LogP contribution >= 0.6 is 0 Å². The first kappa shape index (κ1) is 19.3. The average molecular weight is 335 g/mol. The van der Waals surface area contributed by atoms with Crippen LogP contribution in [0.1, 0.15) is 31.1 Å². The molecule has 7 nitrogen and oxygen atoms in total. The molecule has 0 heterocycles. The van der Waals surface area contributed by atoms with Crippen LogP contribution < -0.4 is 0 Å². The molecule has 0 bridgehead atoms. The van der Waals surface area contributed by atoms with Gasteiger partial charge in [-0.3, -0.25) is 14.6 Å². The fraction of sp³-hybridized carbons (Fsp3) is 0.412. The van der Waals surface area contributed by atoms with E-state index >= 15 is 0 Å². The average Bonchev–Trinajstić information content (AvgIpc) is 2.56. The number of aliphatic imine (C=N–C) groups is 1. The first-order valence-electron chi connectivity index (χ1n) is 7.68. The van der Waals surface area contributed by atoms with Crippen molar-refractivity contribution in [3.8, 4) is 0 Å². The zero-order valence-electron chi connectivity index (χ0n) is 14.0. The van der Waals surface area contributed by atoms with E-state index in [1.807, 2.05) is 0 Å². The summed E-state index contributed by atoms with van der Waals surface area (Å²) in [6, 6.07) is 6.35. The molecule has 0 aliphatic carbocycles. The van der Waals surface area contributed by atoms with E-state index in [4.69, 9.17) is 14.2 Å². The lowest BCUT2D eigenvalue weighted by Gasteiger charge is -2.10. The van der Waals surface area contributed by atoms with Gasteiger partial charge in [0.15, 0.2) is 5.92 Å². The number of nitrogens with zero attached hydrogens (tertiary/aromatic N) is 1. The van der Waals surface area contributed by atoms with Crippen molar-refractivity contribution in [3.05, 3.63) is 29.8 Å². The van der Waals surface area contributed by atoms with Gasteiger partial charge in [-0.1, -0.05) is 6.07 Å². The van der Waals surface area contributed by atoms with Gasteiger partial charge in [0, 0.05) is 6.21 Å². The molecule has 130 valence electrons. The van der Waals surface area contributed by atoms with E-state index in [0.29, 0.717) is 11.3 Å².